The molecule has 0 spiro atoms. The number of hydrogen-bond acceptors (Lipinski definition) is 1. The third kappa shape index (κ3) is 3.56. The average Bonchev–Trinajstić information content (AvgIpc) is 2.05. The monoisotopic (exact) mass is 170 g/mol. The first-order valence-electron chi connectivity index (χ1n) is 4.51. The molecule has 0 bridgehead atoms. The van der Waals surface area contributed by atoms with Gasteiger partial charge in [0.15, 0.2) is 0 Å². The van der Waals surface area contributed by atoms with Crippen molar-refractivity contribution < 1.29 is 9.90 Å². The van der Waals surface area contributed by atoms with E-state index >= 15 is 0 Å². The lowest BCUT2D eigenvalue weighted by Crippen LogP contribution is -2.12. The number of aliphatic carboxylic acids is 1. The highest BCUT2D eigenvalue weighted by Crippen LogP contribution is 2.17. The Bertz CT molecular complexity index is 171. The zero-order valence-corrected chi connectivity index (χ0v) is 8.13. The second-order valence-corrected chi connectivity index (χ2v) is 3.03. The van der Waals surface area contributed by atoms with Gasteiger partial charge in [-0.2, -0.15) is 0 Å². The topological polar surface area (TPSA) is 37.3 Å². The van der Waals surface area contributed by atoms with E-state index < -0.39 is 5.97 Å². The summed E-state index contributed by atoms with van der Waals surface area (Å²) >= 11 is 0. The van der Waals surface area contributed by atoms with Crippen LogP contribution in [0.2, 0.25) is 0 Å². The van der Waals surface area contributed by atoms with Crippen LogP contribution in [0.3, 0.4) is 0 Å². The Morgan fingerprint density at radius 3 is 2.50 bits per heavy atom. The molecule has 12 heavy (non-hydrogen) atoms. The van der Waals surface area contributed by atoms with Gasteiger partial charge in [0, 0.05) is 0 Å². The number of carboxylic acids is 1. The molecule has 1 unspecified atom stereocenters. The molecule has 0 fully saturated rings. The first-order valence-corrected chi connectivity index (χ1v) is 4.51. The van der Waals surface area contributed by atoms with Crippen molar-refractivity contribution in [2.45, 2.75) is 40.0 Å². The normalized spacial score (nSPS) is 14.4. The molecule has 0 saturated carbocycles. The molecule has 0 aliphatic rings. The van der Waals surface area contributed by atoms with Crippen LogP contribution < -0.4 is 0 Å². The summed E-state index contributed by atoms with van der Waals surface area (Å²) in [5.41, 5.74) is 1.05. The molecule has 0 radical (unpaired) electrons. The molecule has 0 aliphatic heterocycles. The van der Waals surface area contributed by atoms with E-state index in [1.165, 1.54) is 0 Å². The minimum atomic E-state index is -0.723. The summed E-state index contributed by atoms with van der Waals surface area (Å²) in [4.78, 5) is 10.6. The zero-order valence-electron chi connectivity index (χ0n) is 8.13. The van der Waals surface area contributed by atoms with Crippen LogP contribution in [0.1, 0.15) is 40.0 Å². The third-order valence-corrected chi connectivity index (χ3v) is 2.12. The number of allylic oxidation sites excluding steroid dienone is 1. The number of hydrogen-bond donors (Lipinski definition) is 1. The van der Waals surface area contributed by atoms with Gasteiger partial charge < -0.3 is 5.11 Å². The number of carboxylic acid groups (broad SMARTS) is 1. The molecule has 0 aromatic heterocycles. The Balaban J connectivity index is 4.07. The van der Waals surface area contributed by atoms with Crippen molar-refractivity contribution in [2.24, 2.45) is 5.92 Å². The summed E-state index contributed by atoms with van der Waals surface area (Å²) in [5.74, 6) is -1.04. The molecule has 0 heterocycles. The fourth-order valence-corrected chi connectivity index (χ4v) is 1.15. The van der Waals surface area contributed by atoms with Crippen LogP contribution in [0.4, 0.5) is 0 Å². The van der Waals surface area contributed by atoms with Crippen LogP contribution in [-0.4, -0.2) is 11.1 Å². The van der Waals surface area contributed by atoms with E-state index in [1.54, 1.807) is 6.92 Å². The molecule has 70 valence electrons. The zero-order chi connectivity index (χ0) is 9.56. The molecule has 0 aromatic rings. The van der Waals surface area contributed by atoms with E-state index in [2.05, 4.69) is 6.92 Å². The average molecular weight is 170 g/mol. The van der Waals surface area contributed by atoms with Crippen LogP contribution in [0.5, 0.6) is 0 Å². The van der Waals surface area contributed by atoms with Gasteiger partial charge in [-0.25, -0.2) is 0 Å². The number of rotatable bonds is 5. The lowest BCUT2D eigenvalue weighted by molar-refractivity contribution is -0.139. The standard InChI is InChI=1S/C10H18O2/c1-4-6-7-9(5-2)8(3)10(11)12/h5,8H,4,6-7H2,1-3H3,(H,11,12)/b9-5+. The van der Waals surface area contributed by atoms with Crippen LogP contribution in [-0.2, 0) is 4.79 Å². The second kappa shape index (κ2) is 5.81. The van der Waals surface area contributed by atoms with Gasteiger partial charge >= 0.3 is 5.97 Å². The predicted octanol–water partition coefficient (Wildman–Crippen LogP) is 2.84. The largest absolute Gasteiger partial charge is 0.481 e. The van der Waals surface area contributed by atoms with Gasteiger partial charge in [-0.15, -0.1) is 0 Å². The Morgan fingerprint density at radius 1 is 1.58 bits per heavy atom. The van der Waals surface area contributed by atoms with Crippen molar-refractivity contribution in [1.82, 2.24) is 0 Å². The van der Waals surface area contributed by atoms with Gasteiger partial charge in [0.05, 0.1) is 5.92 Å². The highest BCUT2D eigenvalue weighted by Gasteiger charge is 2.14. The van der Waals surface area contributed by atoms with Gasteiger partial charge in [0.1, 0.15) is 0 Å². The fraction of sp³-hybridized carbons (Fsp3) is 0.700. The maximum absolute atomic E-state index is 10.6. The van der Waals surface area contributed by atoms with Crippen molar-refractivity contribution >= 4 is 5.97 Å². The van der Waals surface area contributed by atoms with Crippen molar-refractivity contribution in [3.63, 3.8) is 0 Å². The van der Waals surface area contributed by atoms with Crippen molar-refractivity contribution in [3.8, 4) is 0 Å². The van der Waals surface area contributed by atoms with Gasteiger partial charge in [0.2, 0.25) is 0 Å². The highest BCUT2D eigenvalue weighted by molar-refractivity contribution is 5.73. The van der Waals surface area contributed by atoms with Gasteiger partial charge in [-0.05, 0) is 26.7 Å². The predicted molar refractivity (Wildman–Crippen MR) is 50.1 cm³/mol. The molecule has 2 nitrogen and oxygen atoms in total. The Labute approximate surface area is 74.3 Å². The smallest absolute Gasteiger partial charge is 0.310 e. The molecular formula is C10H18O2. The van der Waals surface area contributed by atoms with Crippen molar-refractivity contribution in [2.75, 3.05) is 0 Å². The van der Waals surface area contributed by atoms with E-state index in [4.69, 9.17) is 5.11 Å². The molecule has 1 N–H and O–H groups in total. The first kappa shape index (κ1) is 11.2. The van der Waals surface area contributed by atoms with Crippen LogP contribution in [0.25, 0.3) is 0 Å². The maximum Gasteiger partial charge on any atom is 0.310 e. The maximum atomic E-state index is 10.6. The summed E-state index contributed by atoms with van der Waals surface area (Å²) in [6.07, 6.45) is 5.04. The minimum Gasteiger partial charge on any atom is -0.481 e. The molecule has 0 amide bonds. The van der Waals surface area contributed by atoms with Crippen molar-refractivity contribution in [3.05, 3.63) is 11.6 Å². The lowest BCUT2D eigenvalue weighted by atomic mass is 9.96. The summed E-state index contributed by atoms with van der Waals surface area (Å²) in [7, 11) is 0. The molecule has 0 saturated heterocycles. The van der Waals surface area contributed by atoms with E-state index in [1.807, 2.05) is 13.0 Å². The number of unbranched alkanes of at least 4 members (excludes halogenated alkanes) is 1. The minimum absolute atomic E-state index is 0.318. The summed E-state index contributed by atoms with van der Waals surface area (Å²) in [6, 6.07) is 0. The van der Waals surface area contributed by atoms with Gasteiger partial charge in [-0.3, -0.25) is 4.79 Å². The Hall–Kier alpha value is -0.790. The fourth-order valence-electron chi connectivity index (χ4n) is 1.15. The van der Waals surface area contributed by atoms with E-state index in [0.717, 1.165) is 24.8 Å². The number of carbonyl (C=O) groups is 1. The molecule has 0 aromatic carbocycles. The third-order valence-electron chi connectivity index (χ3n) is 2.12. The highest BCUT2D eigenvalue weighted by atomic mass is 16.4. The molecule has 0 aliphatic carbocycles. The van der Waals surface area contributed by atoms with Crippen LogP contribution >= 0.6 is 0 Å². The van der Waals surface area contributed by atoms with Gasteiger partial charge in [-0.1, -0.05) is 25.0 Å². The van der Waals surface area contributed by atoms with E-state index in [9.17, 15) is 4.79 Å². The second-order valence-electron chi connectivity index (χ2n) is 3.03. The SMILES string of the molecule is C/C=C(\CCCC)C(C)C(=O)O. The van der Waals surface area contributed by atoms with E-state index in [0.29, 0.717) is 0 Å². The molecular weight excluding hydrogens is 152 g/mol. The van der Waals surface area contributed by atoms with Crippen LogP contribution in [0, 0.1) is 5.92 Å². The lowest BCUT2D eigenvalue weighted by Gasteiger charge is -2.10. The van der Waals surface area contributed by atoms with Gasteiger partial charge in [0.25, 0.3) is 0 Å². The summed E-state index contributed by atoms with van der Waals surface area (Å²) in [6.45, 7) is 5.76. The quantitative estimate of drug-likeness (QED) is 0.644. The van der Waals surface area contributed by atoms with Crippen LogP contribution in [0.15, 0.2) is 11.6 Å². The first-order chi connectivity index (χ1) is 5.63. The Morgan fingerprint density at radius 2 is 2.17 bits per heavy atom. The Kier molecular flexibility index (Phi) is 5.43. The summed E-state index contributed by atoms with van der Waals surface area (Å²) in [5, 5.41) is 8.74. The van der Waals surface area contributed by atoms with Crippen molar-refractivity contribution in [1.29, 1.82) is 0 Å². The molecule has 1 atom stereocenters. The molecule has 2 heteroatoms. The van der Waals surface area contributed by atoms with E-state index in [-0.39, 0.29) is 5.92 Å². The molecule has 0 rings (SSSR count). The summed E-state index contributed by atoms with van der Waals surface area (Å²) < 4.78 is 0.